The van der Waals surface area contributed by atoms with E-state index in [1.54, 1.807) is 13.2 Å². The van der Waals surface area contributed by atoms with Gasteiger partial charge in [0.2, 0.25) is 0 Å². The zero-order valence-corrected chi connectivity index (χ0v) is 12.7. The first kappa shape index (κ1) is 14.1. The maximum atomic E-state index is 12.1. The van der Waals surface area contributed by atoms with Crippen molar-refractivity contribution in [1.29, 1.82) is 0 Å². The number of nitrogens with zero attached hydrogens (tertiary/aromatic N) is 1. The van der Waals surface area contributed by atoms with Gasteiger partial charge in [0.15, 0.2) is 5.13 Å². The van der Waals surface area contributed by atoms with Gasteiger partial charge < -0.3 is 15.2 Å². The van der Waals surface area contributed by atoms with Gasteiger partial charge >= 0.3 is 0 Å². The SMILES string of the molecule is COc1cc(N)cc2sc(NC(=O)C3CCC(C)O3)nc12. The molecule has 112 valence electrons. The average Bonchev–Trinajstić information content (AvgIpc) is 3.03. The van der Waals surface area contributed by atoms with Crippen LogP contribution in [0.3, 0.4) is 0 Å². The van der Waals surface area contributed by atoms with Crippen LogP contribution in [0.2, 0.25) is 0 Å². The number of nitrogens with two attached hydrogens (primary N) is 1. The summed E-state index contributed by atoms with van der Waals surface area (Å²) in [5.74, 6) is 0.456. The van der Waals surface area contributed by atoms with E-state index < -0.39 is 0 Å². The zero-order chi connectivity index (χ0) is 15.0. The summed E-state index contributed by atoms with van der Waals surface area (Å²) in [6, 6.07) is 3.54. The molecule has 0 spiro atoms. The quantitative estimate of drug-likeness (QED) is 0.850. The van der Waals surface area contributed by atoms with Crippen LogP contribution >= 0.6 is 11.3 Å². The molecule has 21 heavy (non-hydrogen) atoms. The molecule has 3 rings (SSSR count). The van der Waals surface area contributed by atoms with E-state index in [2.05, 4.69) is 10.3 Å². The third kappa shape index (κ3) is 2.79. The number of anilines is 2. The van der Waals surface area contributed by atoms with Gasteiger partial charge in [-0.05, 0) is 25.8 Å². The van der Waals surface area contributed by atoms with Crippen molar-refractivity contribution in [2.45, 2.75) is 32.0 Å². The van der Waals surface area contributed by atoms with Crippen molar-refractivity contribution in [1.82, 2.24) is 4.98 Å². The number of rotatable bonds is 3. The number of methoxy groups -OCH3 is 1. The molecule has 0 aliphatic carbocycles. The molecule has 2 heterocycles. The van der Waals surface area contributed by atoms with Crippen LogP contribution in [0.25, 0.3) is 10.2 Å². The Balaban J connectivity index is 1.83. The third-order valence-electron chi connectivity index (χ3n) is 3.46. The molecule has 2 unspecified atom stereocenters. The molecule has 2 aromatic rings. The zero-order valence-electron chi connectivity index (χ0n) is 11.9. The molecule has 1 aromatic heterocycles. The summed E-state index contributed by atoms with van der Waals surface area (Å²) in [5.41, 5.74) is 7.12. The van der Waals surface area contributed by atoms with E-state index in [1.165, 1.54) is 11.3 Å². The lowest BCUT2D eigenvalue weighted by Gasteiger charge is -2.09. The number of fused-ring (bicyclic) bond motifs is 1. The summed E-state index contributed by atoms with van der Waals surface area (Å²) in [7, 11) is 1.57. The van der Waals surface area contributed by atoms with E-state index in [4.69, 9.17) is 15.2 Å². The first-order valence-electron chi connectivity index (χ1n) is 6.77. The minimum absolute atomic E-state index is 0.135. The molecular weight excluding hydrogens is 290 g/mol. The molecule has 6 nitrogen and oxygen atoms in total. The number of hydrogen-bond acceptors (Lipinski definition) is 6. The van der Waals surface area contributed by atoms with Crippen LogP contribution < -0.4 is 15.8 Å². The van der Waals surface area contributed by atoms with E-state index in [0.29, 0.717) is 22.1 Å². The molecule has 1 aliphatic rings. The van der Waals surface area contributed by atoms with Crippen LogP contribution in [-0.4, -0.2) is 30.2 Å². The van der Waals surface area contributed by atoms with Crippen molar-refractivity contribution in [2.75, 3.05) is 18.2 Å². The van der Waals surface area contributed by atoms with Gasteiger partial charge in [-0.25, -0.2) is 4.98 Å². The summed E-state index contributed by atoms with van der Waals surface area (Å²) < 4.78 is 11.7. The molecule has 2 atom stereocenters. The summed E-state index contributed by atoms with van der Waals surface area (Å²) in [6.07, 6.45) is 1.39. The summed E-state index contributed by atoms with van der Waals surface area (Å²) in [5, 5.41) is 3.34. The fraction of sp³-hybridized carbons (Fsp3) is 0.429. The number of nitrogens with one attached hydrogen (secondary N) is 1. The fourth-order valence-electron chi connectivity index (χ4n) is 2.41. The van der Waals surface area contributed by atoms with Gasteiger partial charge in [0.1, 0.15) is 17.4 Å². The molecule has 1 aliphatic heterocycles. The Morgan fingerprint density at radius 3 is 3.00 bits per heavy atom. The van der Waals surface area contributed by atoms with Gasteiger partial charge in [-0.1, -0.05) is 11.3 Å². The number of thiazole rings is 1. The van der Waals surface area contributed by atoms with Crippen LogP contribution in [0.5, 0.6) is 5.75 Å². The van der Waals surface area contributed by atoms with Gasteiger partial charge in [0, 0.05) is 11.8 Å². The highest BCUT2D eigenvalue weighted by atomic mass is 32.1. The molecule has 1 amide bonds. The van der Waals surface area contributed by atoms with Crippen LogP contribution in [0.4, 0.5) is 10.8 Å². The van der Waals surface area contributed by atoms with Crippen molar-refractivity contribution < 1.29 is 14.3 Å². The maximum Gasteiger partial charge on any atom is 0.255 e. The number of benzene rings is 1. The highest BCUT2D eigenvalue weighted by Gasteiger charge is 2.28. The topological polar surface area (TPSA) is 86.5 Å². The van der Waals surface area contributed by atoms with E-state index in [1.807, 2.05) is 13.0 Å². The Morgan fingerprint density at radius 2 is 2.33 bits per heavy atom. The minimum atomic E-state index is -0.390. The lowest BCUT2D eigenvalue weighted by atomic mass is 10.2. The number of nitrogen functional groups attached to an aromatic ring is 1. The second-order valence-corrected chi connectivity index (χ2v) is 6.12. The lowest BCUT2D eigenvalue weighted by Crippen LogP contribution is -2.27. The number of hydrogen-bond donors (Lipinski definition) is 2. The van der Waals surface area contributed by atoms with Crippen molar-refractivity contribution in [3.63, 3.8) is 0 Å². The average molecular weight is 307 g/mol. The second-order valence-electron chi connectivity index (χ2n) is 5.09. The molecule has 0 bridgehead atoms. The van der Waals surface area contributed by atoms with Crippen molar-refractivity contribution >= 4 is 38.3 Å². The molecule has 1 aromatic carbocycles. The predicted octanol–water partition coefficient (Wildman–Crippen LogP) is 2.39. The summed E-state index contributed by atoms with van der Waals surface area (Å²) >= 11 is 1.37. The smallest absolute Gasteiger partial charge is 0.255 e. The minimum Gasteiger partial charge on any atom is -0.494 e. The largest absolute Gasteiger partial charge is 0.494 e. The Hall–Kier alpha value is -1.86. The molecule has 0 radical (unpaired) electrons. The molecule has 7 heteroatoms. The summed E-state index contributed by atoms with van der Waals surface area (Å²) in [4.78, 5) is 16.5. The van der Waals surface area contributed by atoms with E-state index in [0.717, 1.165) is 17.5 Å². The molecule has 0 saturated carbocycles. The number of carbonyl (C=O) groups is 1. The van der Waals surface area contributed by atoms with Crippen LogP contribution in [-0.2, 0) is 9.53 Å². The molecule has 1 saturated heterocycles. The number of amides is 1. The standard InChI is InChI=1S/C14H17N3O3S/c1-7-3-4-9(20-7)13(18)17-14-16-12-10(19-2)5-8(15)6-11(12)21-14/h5-7,9H,3-4,15H2,1-2H3,(H,16,17,18). The Morgan fingerprint density at radius 1 is 1.52 bits per heavy atom. The molecular formula is C14H17N3O3S. The molecule has 3 N–H and O–H groups in total. The Kier molecular flexibility index (Phi) is 3.69. The van der Waals surface area contributed by atoms with Crippen molar-refractivity contribution in [2.24, 2.45) is 0 Å². The predicted molar refractivity (Wildman–Crippen MR) is 82.8 cm³/mol. The van der Waals surface area contributed by atoms with Crippen molar-refractivity contribution in [3.05, 3.63) is 12.1 Å². The van der Waals surface area contributed by atoms with E-state index in [9.17, 15) is 4.79 Å². The van der Waals surface area contributed by atoms with Gasteiger partial charge in [0.05, 0.1) is 17.9 Å². The van der Waals surface area contributed by atoms with Crippen LogP contribution in [0.15, 0.2) is 12.1 Å². The lowest BCUT2D eigenvalue weighted by molar-refractivity contribution is -0.126. The van der Waals surface area contributed by atoms with Gasteiger partial charge in [0.25, 0.3) is 5.91 Å². The summed E-state index contributed by atoms with van der Waals surface area (Å²) in [6.45, 7) is 1.97. The second kappa shape index (κ2) is 5.50. The first-order chi connectivity index (χ1) is 10.1. The Labute approximate surface area is 126 Å². The fourth-order valence-corrected chi connectivity index (χ4v) is 3.34. The highest BCUT2D eigenvalue weighted by Crippen LogP contribution is 2.34. The monoisotopic (exact) mass is 307 g/mol. The van der Waals surface area contributed by atoms with E-state index in [-0.39, 0.29) is 18.1 Å². The van der Waals surface area contributed by atoms with Crippen molar-refractivity contribution in [3.8, 4) is 5.75 Å². The number of ether oxygens (including phenoxy) is 2. The molecule has 1 fully saturated rings. The Bertz CT molecular complexity index is 685. The normalized spacial score (nSPS) is 21.6. The van der Waals surface area contributed by atoms with Crippen LogP contribution in [0.1, 0.15) is 19.8 Å². The first-order valence-corrected chi connectivity index (χ1v) is 7.59. The number of aromatic nitrogens is 1. The number of carbonyl (C=O) groups excluding carboxylic acids is 1. The van der Waals surface area contributed by atoms with Gasteiger partial charge in [-0.15, -0.1) is 0 Å². The van der Waals surface area contributed by atoms with Crippen LogP contribution in [0, 0.1) is 0 Å². The van der Waals surface area contributed by atoms with E-state index >= 15 is 0 Å². The maximum absolute atomic E-state index is 12.1. The highest BCUT2D eigenvalue weighted by molar-refractivity contribution is 7.22. The third-order valence-corrected chi connectivity index (χ3v) is 4.37. The van der Waals surface area contributed by atoms with Gasteiger partial charge in [-0.3, -0.25) is 10.1 Å². The van der Waals surface area contributed by atoms with Gasteiger partial charge in [-0.2, -0.15) is 0 Å².